The molecule has 0 aliphatic rings. The molecule has 0 saturated carbocycles. The molecule has 1 aromatic carbocycles. The lowest BCUT2D eigenvalue weighted by Crippen LogP contribution is -2.44. The molecule has 0 aromatic heterocycles. The average Bonchev–Trinajstić information content (AvgIpc) is 2.52. The van der Waals surface area contributed by atoms with E-state index in [0.29, 0.717) is 19.1 Å². The number of anilines is 1. The number of hydrogen-bond donors (Lipinski definition) is 3. The minimum Gasteiger partial charge on any atom is -0.383 e. The van der Waals surface area contributed by atoms with Gasteiger partial charge in [-0.05, 0) is 31.9 Å². The summed E-state index contributed by atoms with van der Waals surface area (Å²) in [6.07, 6.45) is 0. The predicted octanol–water partition coefficient (Wildman–Crippen LogP) is 3.33. The molecule has 5 nitrogen and oxygen atoms in total. The molecule has 0 spiro atoms. The van der Waals surface area contributed by atoms with Crippen LogP contribution in [0.4, 0.5) is 5.69 Å². The summed E-state index contributed by atoms with van der Waals surface area (Å²) >= 11 is 0. The van der Waals surface area contributed by atoms with Crippen molar-refractivity contribution in [1.29, 1.82) is 0 Å². The topological polar surface area (TPSA) is 57.7 Å². The molecule has 1 aromatic rings. The summed E-state index contributed by atoms with van der Waals surface area (Å²) < 4.78 is 5.17. The molecule has 3 N–H and O–H groups in total. The fourth-order valence-corrected chi connectivity index (χ4v) is 2.21. The summed E-state index contributed by atoms with van der Waals surface area (Å²) in [6.45, 7) is 10.8. The lowest BCUT2D eigenvalue weighted by molar-refractivity contribution is 0.179. The number of benzene rings is 1. The van der Waals surface area contributed by atoms with Gasteiger partial charge < -0.3 is 20.7 Å². The Balaban J connectivity index is 0.00000529. The number of methoxy groups -OCH3 is 1. The van der Waals surface area contributed by atoms with Crippen LogP contribution in [0.1, 0.15) is 27.7 Å². The van der Waals surface area contributed by atoms with Crippen molar-refractivity contribution >= 4 is 35.6 Å². The Bertz CT molecular complexity index is 454. The van der Waals surface area contributed by atoms with E-state index in [9.17, 15) is 0 Å². The highest BCUT2D eigenvalue weighted by Crippen LogP contribution is 2.12. The standard InChI is InChI=1S/C18H32N4O.HI/c1-6-19-18(21-15(4)13-23-5)20-12-17(14(2)3)22-16-10-8-7-9-11-16;/h7-11,14-15,17,22H,6,12-13H2,1-5H3,(H2,19,20,21);1H. The average molecular weight is 448 g/mol. The molecule has 0 radical (unpaired) electrons. The van der Waals surface area contributed by atoms with Crippen molar-refractivity contribution in [3.63, 3.8) is 0 Å². The Hall–Kier alpha value is -1.02. The van der Waals surface area contributed by atoms with Crippen LogP contribution in [0, 0.1) is 5.92 Å². The molecule has 1 rings (SSSR count). The Kier molecular flexibility index (Phi) is 12.7. The highest BCUT2D eigenvalue weighted by Gasteiger charge is 2.13. The van der Waals surface area contributed by atoms with Crippen LogP contribution in [0.3, 0.4) is 0 Å². The minimum absolute atomic E-state index is 0. The van der Waals surface area contributed by atoms with Crippen LogP contribution in [0.15, 0.2) is 35.3 Å². The number of nitrogens with zero attached hydrogens (tertiary/aromatic N) is 1. The molecule has 0 aliphatic carbocycles. The Morgan fingerprint density at radius 1 is 1.17 bits per heavy atom. The first-order valence-electron chi connectivity index (χ1n) is 8.42. The summed E-state index contributed by atoms with van der Waals surface area (Å²) in [5.41, 5.74) is 1.13. The SMILES string of the molecule is CCNC(=NCC(Nc1ccccc1)C(C)C)NC(C)COC.I. The van der Waals surface area contributed by atoms with Gasteiger partial charge in [0.05, 0.1) is 13.2 Å². The maximum absolute atomic E-state index is 5.17. The van der Waals surface area contributed by atoms with Crippen molar-refractivity contribution in [3.05, 3.63) is 30.3 Å². The van der Waals surface area contributed by atoms with E-state index in [1.54, 1.807) is 7.11 Å². The van der Waals surface area contributed by atoms with E-state index in [4.69, 9.17) is 9.73 Å². The first kappa shape index (κ1) is 23.0. The van der Waals surface area contributed by atoms with Crippen LogP contribution in [0.25, 0.3) is 0 Å². The predicted molar refractivity (Wildman–Crippen MR) is 115 cm³/mol. The van der Waals surface area contributed by atoms with Crippen molar-refractivity contribution in [3.8, 4) is 0 Å². The van der Waals surface area contributed by atoms with E-state index in [-0.39, 0.29) is 36.1 Å². The molecule has 0 fully saturated rings. The van der Waals surface area contributed by atoms with Gasteiger partial charge in [-0.25, -0.2) is 0 Å². The summed E-state index contributed by atoms with van der Waals surface area (Å²) in [6, 6.07) is 10.8. The quantitative estimate of drug-likeness (QED) is 0.308. The fourth-order valence-electron chi connectivity index (χ4n) is 2.21. The molecule has 2 unspecified atom stereocenters. The van der Waals surface area contributed by atoms with E-state index in [1.165, 1.54) is 0 Å². The third-order valence-electron chi connectivity index (χ3n) is 3.52. The van der Waals surface area contributed by atoms with Gasteiger partial charge in [-0.2, -0.15) is 0 Å². The lowest BCUT2D eigenvalue weighted by Gasteiger charge is -2.23. The second kappa shape index (κ2) is 13.3. The fraction of sp³-hybridized carbons (Fsp3) is 0.611. The lowest BCUT2D eigenvalue weighted by atomic mass is 10.0. The number of aliphatic imine (C=N–C) groups is 1. The third-order valence-corrected chi connectivity index (χ3v) is 3.52. The number of halogens is 1. The molecular formula is C18H33IN4O. The van der Waals surface area contributed by atoms with Gasteiger partial charge in [0.15, 0.2) is 5.96 Å². The number of rotatable bonds is 9. The van der Waals surface area contributed by atoms with Crippen LogP contribution >= 0.6 is 24.0 Å². The first-order valence-corrected chi connectivity index (χ1v) is 8.42. The van der Waals surface area contributed by atoms with E-state index in [1.807, 2.05) is 18.2 Å². The molecule has 6 heteroatoms. The molecular weight excluding hydrogens is 415 g/mol. The Morgan fingerprint density at radius 2 is 1.83 bits per heavy atom. The molecule has 0 aliphatic heterocycles. The van der Waals surface area contributed by atoms with Gasteiger partial charge in [0.1, 0.15) is 0 Å². The van der Waals surface area contributed by atoms with E-state index in [0.717, 1.165) is 18.2 Å². The number of ether oxygens (including phenoxy) is 1. The molecule has 2 atom stereocenters. The highest BCUT2D eigenvalue weighted by atomic mass is 127. The zero-order chi connectivity index (χ0) is 17.1. The van der Waals surface area contributed by atoms with Crippen LogP contribution in [0.5, 0.6) is 0 Å². The summed E-state index contributed by atoms with van der Waals surface area (Å²) in [7, 11) is 1.71. The van der Waals surface area contributed by atoms with Gasteiger partial charge in [-0.1, -0.05) is 32.0 Å². The van der Waals surface area contributed by atoms with E-state index in [2.05, 4.69) is 55.8 Å². The number of hydrogen-bond acceptors (Lipinski definition) is 3. The van der Waals surface area contributed by atoms with Gasteiger partial charge in [-0.3, -0.25) is 4.99 Å². The molecule has 0 bridgehead atoms. The maximum Gasteiger partial charge on any atom is 0.191 e. The monoisotopic (exact) mass is 448 g/mol. The maximum atomic E-state index is 5.17. The summed E-state index contributed by atoms with van der Waals surface area (Å²) in [5.74, 6) is 1.32. The molecule has 0 saturated heterocycles. The van der Waals surface area contributed by atoms with E-state index >= 15 is 0 Å². The third kappa shape index (κ3) is 9.32. The van der Waals surface area contributed by atoms with Crippen molar-refractivity contribution in [2.75, 3.05) is 32.1 Å². The Morgan fingerprint density at radius 3 is 2.38 bits per heavy atom. The highest BCUT2D eigenvalue weighted by molar-refractivity contribution is 14.0. The van der Waals surface area contributed by atoms with Crippen molar-refractivity contribution in [1.82, 2.24) is 10.6 Å². The number of para-hydroxylation sites is 1. The minimum atomic E-state index is 0. The van der Waals surface area contributed by atoms with Gasteiger partial charge in [0.25, 0.3) is 0 Å². The van der Waals surface area contributed by atoms with Crippen LogP contribution < -0.4 is 16.0 Å². The Labute approximate surface area is 164 Å². The van der Waals surface area contributed by atoms with Crippen LogP contribution in [0.2, 0.25) is 0 Å². The molecule has 0 amide bonds. The van der Waals surface area contributed by atoms with Gasteiger partial charge in [0.2, 0.25) is 0 Å². The van der Waals surface area contributed by atoms with Crippen molar-refractivity contribution in [2.24, 2.45) is 10.9 Å². The van der Waals surface area contributed by atoms with Gasteiger partial charge in [0, 0.05) is 31.4 Å². The number of nitrogens with one attached hydrogen (secondary N) is 3. The first-order chi connectivity index (χ1) is 11.1. The summed E-state index contributed by atoms with van der Waals surface area (Å²) in [5, 5.41) is 10.2. The molecule has 138 valence electrons. The second-order valence-corrected chi connectivity index (χ2v) is 6.08. The van der Waals surface area contributed by atoms with Crippen LogP contribution in [-0.4, -0.2) is 44.8 Å². The van der Waals surface area contributed by atoms with Gasteiger partial charge >= 0.3 is 0 Å². The molecule has 24 heavy (non-hydrogen) atoms. The second-order valence-electron chi connectivity index (χ2n) is 6.08. The van der Waals surface area contributed by atoms with Gasteiger partial charge in [-0.15, -0.1) is 24.0 Å². The largest absolute Gasteiger partial charge is 0.383 e. The smallest absolute Gasteiger partial charge is 0.191 e. The van der Waals surface area contributed by atoms with Crippen molar-refractivity contribution < 1.29 is 4.74 Å². The zero-order valence-electron chi connectivity index (χ0n) is 15.5. The zero-order valence-corrected chi connectivity index (χ0v) is 17.8. The normalized spacial score (nSPS) is 13.8. The summed E-state index contributed by atoms with van der Waals surface area (Å²) in [4.78, 5) is 4.73. The molecule has 0 heterocycles. The van der Waals surface area contributed by atoms with Crippen molar-refractivity contribution in [2.45, 2.75) is 39.8 Å². The number of guanidine groups is 1. The van der Waals surface area contributed by atoms with E-state index < -0.39 is 0 Å². The van der Waals surface area contributed by atoms with Crippen LogP contribution in [-0.2, 0) is 4.74 Å².